The number of amides is 1. The van der Waals surface area contributed by atoms with Gasteiger partial charge in [-0.05, 0) is 13.3 Å². The number of rotatable bonds is 1. The maximum absolute atomic E-state index is 11.5. The molecule has 2 aliphatic heterocycles. The van der Waals surface area contributed by atoms with Gasteiger partial charge in [0, 0.05) is 23.6 Å². The lowest BCUT2D eigenvalue weighted by Crippen LogP contribution is -2.46. The molecule has 68 valence electrons. The fourth-order valence-electron chi connectivity index (χ4n) is 1.93. The minimum atomic E-state index is -0.325. The highest BCUT2D eigenvalue weighted by Gasteiger charge is 2.41. The van der Waals surface area contributed by atoms with Crippen molar-refractivity contribution in [2.75, 3.05) is 12.3 Å². The molecule has 0 aromatic rings. The van der Waals surface area contributed by atoms with Crippen molar-refractivity contribution in [3.63, 3.8) is 0 Å². The van der Waals surface area contributed by atoms with E-state index in [1.165, 1.54) is 6.42 Å². The predicted octanol–water partition coefficient (Wildman–Crippen LogP) is 0.0499. The molecule has 2 unspecified atom stereocenters. The maximum atomic E-state index is 11.5. The Morgan fingerprint density at radius 2 is 2.50 bits per heavy atom. The van der Waals surface area contributed by atoms with E-state index in [1.807, 2.05) is 16.7 Å². The van der Waals surface area contributed by atoms with Gasteiger partial charge < -0.3 is 10.6 Å². The molecule has 0 aromatic carbocycles. The highest BCUT2D eigenvalue weighted by molar-refractivity contribution is 8.00. The van der Waals surface area contributed by atoms with Crippen LogP contribution in [-0.2, 0) is 4.79 Å². The number of carbonyl (C=O) groups is 1. The van der Waals surface area contributed by atoms with Gasteiger partial charge in [-0.15, -0.1) is 0 Å². The molecule has 0 aromatic heterocycles. The summed E-state index contributed by atoms with van der Waals surface area (Å²) >= 11 is 1.99. The number of likely N-dealkylation sites (tertiary alicyclic amines) is 1. The molecule has 3 atom stereocenters. The Labute approximate surface area is 76.7 Å². The van der Waals surface area contributed by atoms with E-state index in [9.17, 15) is 4.79 Å². The van der Waals surface area contributed by atoms with Gasteiger partial charge in [-0.3, -0.25) is 4.79 Å². The van der Waals surface area contributed by atoms with Gasteiger partial charge in [-0.2, -0.15) is 11.8 Å². The van der Waals surface area contributed by atoms with Crippen molar-refractivity contribution < 1.29 is 4.79 Å². The van der Waals surface area contributed by atoms with E-state index in [-0.39, 0.29) is 11.9 Å². The van der Waals surface area contributed by atoms with Crippen molar-refractivity contribution in [2.24, 2.45) is 5.73 Å². The lowest BCUT2D eigenvalue weighted by molar-refractivity contribution is -0.132. The van der Waals surface area contributed by atoms with Crippen LogP contribution in [0.1, 0.15) is 13.3 Å². The summed E-state index contributed by atoms with van der Waals surface area (Å²) in [6.07, 6.45) is 1.18. The van der Waals surface area contributed by atoms with Crippen molar-refractivity contribution in [3.05, 3.63) is 0 Å². The first kappa shape index (κ1) is 8.38. The van der Waals surface area contributed by atoms with Crippen LogP contribution in [0.25, 0.3) is 0 Å². The van der Waals surface area contributed by atoms with Crippen LogP contribution in [0.2, 0.25) is 0 Å². The Morgan fingerprint density at radius 3 is 2.92 bits per heavy atom. The van der Waals surface area contributed by atoms with Gasteiger partial charge in [-0.1, -0.05) is 0 Å². The summed E-state index contributed by atoms with van der Waals surface area (Å²) in [5.74, 6) is 1.24. The number of nitrogens with zero attached hydrogens (tertiary/aromatic N) is 1. The van der Waals surface area contributed by atoms with Crippen molar-refractivity contribution in [1.29, 1.82) is 0 Å². The van der Waals surface area contributed by atoms with Crippen LogP contribution >= 0.6 is 11.8 Å². The van der Waals surface area contributed by atoms with E-state index in [0.717, 1.165) is 12.3 Å². The van der Waals surface area contributed by atoms with E-state index in [0.29, 0.717) is 11.3 Å². The number of hydrogen-bond acceptors (Lipinski definition) is 3. The molecule has 0 spiro atoms. The lowest BCUT2D eigenvalue weighted by atomic mass is 10.2. The summed E-state index contributed by atoms with van der Waals surface area (Å²) in [6.45, 7) is 2.69. The smallest absolute Gasteiger partial charge is 0.239 e. The number of nitrogens with two attached hydrogens (primary N) is 1. The molecule has 4 heteroatoms. The molecular formula is C8H14N2OS. The highest BCUT2D eigenvalue weighted by atomic mass is 32.2. The Kier molecular flexibility index (Phi) is 2.04. The summed E-state index contributed by atoms with van der Waals surface area (Å²) < 4.78 is 0. The first-order valence-corrected chi connectivity index (χ1v) is 5.41. The third-order valence-electron chi connectivity index (χ3n) is 2.57. The van der Waals surface area contributed by atoms with Crippen LogP contribution in [0.4, 0.5) is 0 Å². The quantitative estimate of drug-likeness (QED) is 0.629. The average molecular weight is 186 g/mol. The second-order valence-corrected chi connectivity index (χ2v) is 4.96. The zero-order chi connectivity index (χ0) is 8.72. The fourth-order valence-corrected chi connectivity index (χ4v) is 3.37. The Balaban J connectivity index is 2.02. The molecule has 12 heavy (non-hydrogen) atoms. The molecule has 0 saturated carbocycles. The SMILES string of the molecule is C[C@@H](N)C(=O)N1CC2CC1CS2. The third kappa shape index (κ3) is 1.23. The Bertz CT molecular complexity index is 207. The first-order valence-electron chi connectivity index (χ1n) is 4.36. The van der Waals surface area contributed by atoms with Crippen LogP contribution < -0.4 is 5.73 Å². The molecule has 2 bridgehead atoms. The standard InChI is InChI=1S/C8H14N2OS/c1-5(9)8(11)10-3-7-2-6(10)4-12-7/h5-7H,2-4,9H2,1H3/t5-,6?,7?/m1/s1. The largest absolute Gasteiger partial charge is 0.336 e. The molecular weight excluding hydrogens is 172 g/mol. The van der Waals surface area contributed by atoms with Crippen LogP contribution in [0, 0.1) is 0 Å². The predicted molar refractivity (Wildman–Crippen MR) is 50.0 cm³/mol. The first-order chi connectivity index (χ1) is 5.68. The molecule has 0 radical (unpaired) electrons. The van der Waals surface area contributed by atoms with E-state index in [1.54, 1.807) is 6.92 Å². The number of hydrogen-bond donors (Lipinski definition) is 1. The minimum Gasteiger partial charge on any atom is -0.336 e. The zero-order valence-corrected chi connectivity index (χ0v) is 8.01. The molecule has 2 rings (SSSR count). The van der Waals surface area contributed by atoms with Gasteiger partial charge in [0.25, 0.3) is 0 Å². The van der Waals surface area contributed by atoms with Gasteiger partial charge in [0.15, 0.2) is 0 Å². The normalized spacial score (nSPS) is 35.7. The Hall–Kier alpha value is -0.220. The summed E-state index contributed by atoms with van der Waals surface area (Å²) in [5, 5.41) is 0.692. The monoisotopic (exact) mass is 186 g/mol. The van der Waals surface area contributed by atoms with Crippen LogP contribution in [0.15, 0.2) is 0 Å². The van der Waals surface area contributed by atoms with Crippen LogP contribution in [-0.4, -0.2) is 40.4 Å². The van der Waals surface area contributed by atoms with E-state index in [2.05, 4.69) is 0 Å². The maximum Gasteiger partial charge on any atom is 0.239 e. The molecule has 2 N–H and O–H groups in total. The van der Waals surface area contributed by atoms with Crippen molar-refractivity contribution in [2.45, 2.75) is 30.7 Å². The number of carbonyl (C=O) groups excluding carboxylic acids is 1. The van der Waals surface area contributed by atoms with Gasteiger partial charge >= 0.3 is 0 Å². The lowest BCUT2D eigenvalue weighted by Gasteiger charge is -2.27. The van der Waals surface area contributed by atoms with Crippen molar-refractivity contribution in [1.82, 2.24) is 4.90 Å². The van der Waals surface area contributed by atoms with Gasteiger partial charge in [0.1, 0.15) is 0 Å². The van der Waals surface area contributed by atoms with Gasteiger partial charge in [0.2, 0.25) is 5.91 Å². The highest BCUT2D eigenvalue weighted by Crippen LogP contribution is 2.37. The van der Waals surface area contributed by atoms with Gasteiger partial charge in [0.05, 0.1) is 6.04 Å². The van der Waals surface area contributed by atoms with Gasteiger partial charge in [-0.25, -0.2) is 0 Å². The fraction of sp³-hybridized carbons (Fsp3) is 0.875. The Morgan fingerprint density at radius 1 is 1.75 bits per heavy atom. The number of thioether (sulfide) groups is 1. The number of fused-ring (bicyclic) bond motifs is 2. The summed E-state index contributed by atoms with van der Waals surface area (Å²) in [7, 11) is 0. The molecule has 2 aliphatic rings. The summed E-state index contributed by atoms with van der Waals surface area (Å²) in [4.78, 5) is 13.5. The van der Waals surface area contributed by atoms with Crippen LogP contribution in [0.3, 0.4) is 0 Å². The molecule has 0 aliphatic carbocycles. The van der Waals surface area contributed by atoms with Crippen molar-refractivity contribution in [3.8, 4) is 0 Å². The summed E-state index contributed by atoms with van der Waals surface area (Å²) in [5.41, 5.74) is 5.55. The molecule has 2 saturated heterocycles. The topological polar surface area (TPSA) is 46.3 Å². The second kappa shape index (κ2) is 2.92. The van der Waals surface area contributed by atoms with E-state index < -0.39 is 0 Å². The zero-order valence-electron chi connectivity index (χ0n) is 7.19. The molecule has 2 heterocycles. The molecule has 3 nitrogen and oxygen atoms in total. The summed E-state index contributed by atoms with van der Waals surface area (Å²) in [6, 6.07) is 0.160. The van der Waals surface area contributed by atoms with Crippen molar-refractivity contribution >= 4 is 17.7 Å². The van der Waals surface area contributed by atoms with E-state index >= 15 is 0 Å². The molecule has 1 amide bonds. The van der Waals surface area contributed by atoms with Crippen LogP contribution in [0.5, 0.6) is 0 Å². The minimum absolute atomic E-state index is 0.128. The third-order valence-corrected chi connectivity index (χ3v) is 3.96. The average Bonchev–Trinajstić information content (AvgIpc) is 2.62. The molecule has 2 fully saturated rings. The van der Waals surface area contributed by atoms with E-state index in [4.69, 9.17) is 5.73 Å². The second-order valence-electron chi connectivity index (χ2n) is 3.62.